The summed E-state index contributed by atoms with van der Waals surface area (Å²) in [6.07, 6.45) is -2.77. The number of ether oxygens (including phenoxy) is 5. The van der Waals surface area contributed by atoms with Gasteiger partial charge < -0.3 is 34.7 Å². The Morgan fingerprint density at radius 3 is 1.39 bits per heavy atom. The summed E-state index contributed by atoms with van der Waals surface area (Å²) >= 11 is 0. The minimum Gasteiger partial charge on any atom is -0.374 e. The van der Waals surface area contributed by atoms with Gasteiger partial charge in [-0.05, 0) is 22.3 Å². The van der Waals surface area contributed by atoms with E-state index in [2.05, 4.69) is 5.32 Å². The van der Waals surface area contributed by atoms with E-state index in [9.17, 15) is 4.79 Å². The van der Waals surface area contributed by atoms with E-state index in [-0.39, 0.29) is 13.2 Å². The molecule has 0 aromatic heterocycles. The molecule has 0 aliphatic carbocycles. The molecule has 0 radical (unpaired) electrons. The first kappa shape index (κ1) is 31.4. The van der Waals surface area contributed by atoms with Crippen molar-refractivity contribution in [2.75, 3.05) is 13.2 Å². The fourth-order valence-corrected chi connectivity index (χ4v) is 5.25. The van der Waals surface area contributed by atoms with Gasteiger partial charge in [-0.1, -0.05) is 121 Å². The van der Waals surface area contributed by atoms with Crippen LogP contribution in [-0.2, 0) is 50.1 Å². The Hall–Kier alpha value is -4.05. The summed E-state index contributed by atoms with van der Waals surface area (Å²) in [4.78, 5) is 11.8. The minimum atomic E-state index is -0.642. The maximum Gasteiger partial charge on any atom is 0.312 e. The Labute approximate surface area is 259 Å². The zero-order valence-corrected chi connectivity index (χ0v) is 24.7. The quantitative estimate of drug-likeness (QED) is 0.191. The molecule has 8 nitrogen and oxygen atoms in total. The molecule has 4 aromatic rings. The third-order valence-corrected chi connectivity index (χ3v) is 7.46. The minimum absolute atomic E-state index is 0.139. The lowest BCUT2D eigenvalue weighted by molar-refractivity contribution is -0.271. The first-order valence-corrected chi connectivity index (χ1v) is 14.9. The highest BCUT2D eigenvalue weighted by atomic mass is 16.6. The van der Waals surface area contributed by atoms with Crippen molar-refractivity contribution in [2.45, 2.75) is 56.9 Å². The second kappa shape index (κ2) is 16.7. The summed E-state index contributed by atoms with van der Waals surface area (Å²) in [5.74, 6) is 0. The van der Waals surface area contributed by atoms with Crippen LogP contribution in [0, 0.1) is 0 Å². The van der Waals surface area contributed by atoms with Gasteiger partial charge in [-0.3, -0.25) is 0 Å². The molecule has 1 fully saturated rings. The Bertz CT molecular complexity index is 1380. The van der Waals surface area contributed by atoms with Gasteiger partial charge in [-0.15, -0.1) is 0 Å². The number of urea groups is 1. The standard InChI is InChI=1S/C36H40N2O6/c37-36(39)38-21-31-33(41-23-28-15-7-2-8-16-28)35(43-25-30-19-11-4-12-20-30)34(42-24-29-17-9-3-10-18-29)32(44-31)26-40-22-27-13-5-1-6-14-27/h1-20,31-35H,21-26H2,(H3,37,38,39)/t31-,32+,33+,34+,35+/m0/s1. The van der Waals surface area contributed by atoms with Crippen molar-refractivity contribution in [2.24, 2.45) is 5.73 Å². The highest BCUT2D eigenvalue weighted by Crippen LogP contribution is 2.31. The number of hydrogen-bond acceptors (Lipinski definition) is 6. The van der Waals surface area contributed by atoms with E-state index in [1.807, 2.05) is 121 Å². The molecule has 5 atom stereocenters. The molecule has 3 N–H and O–H groups in total. The van der Waals surface area contributed by atoms with Crippen molar-refractivity contribution < 1.29 is 28.5 Å². The maximum absolute atomic E-state index is 11.8. The molecule has 4 aromatic carbocycles. The molecule has 1 aliphatic rings. The molecule has 0 saturated carbocycles. The van der Waals surface area contributed by atoms with Gasteiger partial charge in [0.25, 0.3) is 0 Å². The second-order valence-electron chi connectivity index (χ2n) is 10.7. The van der Waals surface area contributed by atoms with Crippen LogP contribution in [0.1, 0.15) is 22.3 Å². The van der Waals surface area contributed by atoms with Gasteiger partial charge in [0.2, 0.25) is 0 Å². The smallest absolute Gasteiger partial charge is 0.312 e. The average molecular weight is 597 g/mol. The van der Waals surface area contributed by atoms with Crippen LogP contribution in [0.5, 0.6) is 0 Å². The Balaban J connectivity index is 1.42. The lowest BCUT2D eigenvalue weighted by Crippen LogP contribution is -2.63. The molecule has 1 heterocycles. The molecule has 1 saturated heterocycles. The number of rotatable bonds is 15. The number of amides is 2. The van der Waals surface area contributed by atoms with Gasteiger partial charge in [0.1, 0.15) is 30.5 Å². The zero-order valence-electron chi connectivity index (χ0n) is 24.7. The van der Waals surface area contributed by atoms with Crippen molar-refractivity contribution in [1.82, 2.24) is 5.32 Å². The molecule has 0 unspecified atom stereocenters. The largest absolute Gasteiger partial charge is 0.374 e. The molecular formula is C36H40N2O6. The van der Waals surface area contributed by atoms with E-state index in [0.717, 1.165) is 22.3 Å². The highest BCUT2D eigenvalue weighted by Gasteiger charge is 2.48. The summed E-state index contributed by atoms with van der Waals surface area (Å²) < 4.78 is 32.7. The molecule has 5 rings (SSSR count). The zero-order chi connectivity index (χ0) is 30.4. The number of primary amides is 1. The Kier molecular flexibility index (Phi) is 11.9. The fourth-order valence-electron chi connectivity index (χ4n) is 5.25. The summed E-state index contributed by atoms with van der Waals surface area (Å²) in [5.41, 5.74) is 9.59. The molecule has 2 amide bonds. The Morgan fingerprint density at radius 2 is 0.955 bits per heavy atom. The topological polar surface area (TPSA) is 101 Å². The van der Waals surface area contributed by atoms with Gasteiger partial charge in [0.15, 0.2) is 0 Å². The summed E-state index contributed by atoms with van der Waals surface area (Å²) in [6, 6.07) is 39.2. The number of benzene rings is 4. The Morgan fingerprint density at radius 1 is 0.568 bits per heavy atom. The van der Waals surface area contributed by atoms with Gasteiger partial charge in [0.05, 0.1) is 33.0 Å². The fraction of sp³-hybridized carbons (Fsp3) is 0.306. The third kappa shape index (κ3) is 9.47. The van der Waals surface area contributed by atoms with E-state index < -0.39 is 36.6 Å². The van der Waals surface area contributed by atoms with E-state index in [1.165, 1.54) is 0 Å². The monoisotopic (exact) mass is 596 g/mol. The molecule has 8 heteroatoms. The van der Waals surface area contributed by atoms with Crippen LogP contribution in [0.25, 0.3) is 0 Å². The van der Waals surface area contributed by atoms with E-state index in [0.29, 0.717) is 26.4 Å². The molecular weight excluding hydrogens is 556 g/mol. The predicted molar refractivity (Wildman–Crippen MR) is 167 cm³/mol. The van der Waals surface area contributed by atoms with Gasteiger partial charge in [-0.25, -0.2) is 4.79 Å². The molecule has 0 spiro atoms. The number of carbonyl (C=O) groups is 1. The first-order valence-electron chi connectivity index (χ1n) is 14.9. The maximum atomic E-state index is 11.8. The SMILES string of the molecule is NC(=O)NC[C@@H]1O[C@H](COCc2ccccc2)[C@@H](OCc2ccccc2)[C@H](OCc2ccccc2)[C@@H]1OCc1ccccc1. The number of nitrogens with two attached hydrogens (primary N) is 1. The van der Waals surface area contributed by atoms with Crippen molar-refractivity contribution in [3.63, 3.8) is 0 Å². The molecule has 0 bridgehead atoms. The van der Waals surface area contributed by atoms with E-state index in [1.54, 1.807) is 0 Å². The molecule has 44 heavy (non-hydrogen) atoms. The van der Waals surface area contributed by atoms with Crippen LogP contribution < -0.4 is 11.1 Å². The van der Waals surface area contributed by atoms with Crippen molar-refractivity contribution >= 4 is 6.03 Å². The second-order valence-corrected chi connectivity index (χ2v) is 10.7. The lowest BCUT2D eigenvalue weighted by Gasteiger charge is -2.46. The summed E-state index contributed by atoms with van der Waals surface area (Å²) in [6.45, 7) is 1.83. The van der Waals surface area contributed by atoms with Crippen LogP contribution in [0.2, 0.25) is 0 Å². The van der Waals surface area contributed by atoms with Gasteiger partial charge in [-0.2, -0.15) is 0 Å². The van der Waals surface area contributed by atoms with Crippen LogP contribution in [0.3, 0.4) is 0 Å². The lowest BCUT2D eigenvalue weighted by atomic mass is 9.93. The summed E-state index contributed by atoms with van der Waals surface area (Å²) in [5, 5.41) is 2.71. The third-order valence-electron chi connectivity index (χ3n) is 7.46. The van der Waals surface area contributed by atoms with Crippen LogP contribution in [0.15, 0.2) is 121 Å². The van der Waals surface area contributed by atoms with Crippen LogP contribution in [-0.4, -0.2) is 49.7 Å². The molecule has 1 aliphatic heterocycles. The van der Waals surface area contributed by atoms with Crippen molar-refractivity contribution in [3.8, 4) is 0 Å². The van der Waals surface area contributed by atoms with E-state index in [4.69, 9.17) is 29.4 Å². The van der Waals surface area contributed by atoms with Crippen LogP contribution >= 0.6 is 0 Å². The number of nitrogens with one attached hydrogen (secondary N) is 1. The van der Waals surface area contributed by atoms with Crippen molar-refractivity contribution in [3.05, 3.63) is 144 Å². The van der Waals surface area contributed by atoms with Gasteiger partial charge >= 0.3 is 6.03 Å². The van der Waals surface area contributed by atoms with Crippen molar-refractivity contribution in [1.29, 1.82) is 0 Å². The number of hydrogen-bond donors (Lipinski definition) is 2. The van der Waals surface area contributed by atoms with E-state index >= 15 is 0 Å². The van der Waals surface area contributed by atoms with Crippen LogP contribution in [0.4, 0.5) is 4.79 Å². The summed E-state index contributed by atoms with van der Waals surface area (Å²) in [7, 11) is 0. The average Bonchev–Trinajstić information content (AvgIpc) is 3.07. The predicted octanol–water partition coefficient (Wildman–Crippen LogP) is 5.40. The number of carbonyl (C=O) groups excluding carboxylic acids is 1. The normalized spacial score (nSPS) is 21.5. The highest BCUT2D eigenvalue weighted by molar-refractivity contribution is 5.71. The molecule has 230 valence electrons. The first-order chi connectivity index (χ1) is 21.7. The van der Waals surface area contributed by atoms with Gasteiger partial charge in [0, 0.05) is 6.54 Å².